The molecule has 0 fully saturated rings. The summed E-state index contributed by atoms with van der Waals surface area (Å²) in [6, 6.07) is 126. The molecule has 5 heterocycles. The van der Waals surface area contributed by atoms with Crippen molar-refractivity contribution >= 4 is 28.8 Å². The molecule has 0 amide bonds. The molecule has 2 aliphatic carbocycles. The minimum atomic E-state index is -0.847. The third kappa shape index (κ3) is 9.49. The number of nitrogens with zero attached hydrogens (tertiary/aromatic N) is 8. The first kappa shape index (κ1) is 62.9. The Morgan fingerprint density at radius 2 is 0.618 bits per heavy atom. The van der Waals surface area contributed by atoms with Gasteiger partial charge in [0.05, 0.1) is 45.0 Å². The van der Waals surface area contributed by atoms with E-state index in [2.05, 4.69) is 278 Å². The summed E-state index contributed by atoms with van der Waals surface area (Å²) in [5.74, 6) is 5.91. The minimum Gasteiger partial charge on any atom is -0.456 e. The van der Waals surface area contributed by atoms with Crippen molar-refractivity contribution < 1.29 is 9.47 Å². The van der Waals surface area contributed by atoms with E-state index in [1.807, 2.05) is 84.9 Å². The van der Waals surface area contributed by atoms with Gasteiger partial charge >= 0.3 is 0 Å². The van der Waals surface area contributed by atoms with E-state index in [0.717, 1.165) is 129 Å². The number of fused-ring (bicyclic) bond motifs is 20. The summed E-state index contributed by atoms with van der Waals surface area (Å²) in [7, 11) is 0. The summed E-state index contributed by atoms with van der Waals surface area (Å²) in [4.78, 5) is 37.0. The predicted molar refractivity (Wildman–Crippen MR) is 435 cm³/mol. The lowest BCUT2D eigenvalue weighted by Gasteiger charge is -2.40. The van der Waals surface area contributed by atoms with E-state index >= 15 is 0 Å². The second-order valence-electron chi connectivity index (χ2n) is 28.2. The van der Waals surface area contributed by atoms with Crippen LogP contribution < -0.4 is 14.4 Å². The van der Waals surface area contributed by atoms with Crippen LogP contribution in [-0.4, -0.2) is 29.9 Å². The molecule has 0 saturated carbocycles. The molecule has 17 aromatic rings. The smallest absolute Gasteiger partial charge is 0.167 e. The van der Waals surface area contributed by atoms with Gasteiger partial charge < -0.3 is 14.4 Å². The molecular formula is C99H58N8O2S. The van der Waals surface area contributed by atoms with Crippen molar-refractivity contribution in [3.05, 3.63) is 402 Å². The third-order valence-corrected chi connectivity index (χ3v) is 23.6. The Kier molecular flexibility index (Phi) is 14.2. The van der Waals surface area contributed by atoms with Crippen LogP contribution in [0.15, 0.2) is 362 Å². The van der Waals surface area contributed by atoms with Crippen LogP contribution in [-0.2, 0) is 10.8 Å². The van der Waals surface area contributed by atoms with Crippen molar-refractivity contribution in [2.24, 2.45) is 0 Å². The minimum absolute atomic E-state index is 0.469. The SMILES string of the molecule is N#Cc1ccccc1-c1ccc(-c2nc(-c3ccccc3)nc(-c3cccc4c3Oc3ccccc3C43c4ccccc4-c4ccc(-c5ccc(-c6nc(-c7ccc(N8c9ccccc9Sc9ccccc98)cc7)nc(-c7cccc8c7Oc7ccccc7C87c8ccccc8-c8ccccc87)n6)cc5)cc43)n2)cc1. The molecule has 0 N–H and O–H groups in total. The molecule has 2 aromatic heterocycles. The topological polar surface area (TPSA) is 123 Å². The van der Waals surface area contributed by atoms with Gasteiger partial charge in [-0.05, 0) is 152 Å². The van der Waals surface area contributed by atoms with Crippen molar-refractivity contribution in [3.63, 3.8) is 0 Å². The first-order valence-electron chi connectivity index (χ1n) is 36.8. The lowest BCUT2D eigenvalue weighted by molar-refractivity contribution is 0.437. The van der Waals surface area contributed by atoms with Gasteiger partial charge in [-0.1, -0.05) is 279 Å². The highest BCUT2D eigenvalue weighted by Gasteiger charge is 2.53. The first-order chi connectivity index (χ1) is 54.5. The molecule has 1 atom stereocenters. The predicted octanol–water partition coefficient (Wildman–Crippen LogP) is 24.1. The fourth-order valence-corrected chi connectivity index (χ4v) is 18.7. The summed E-state index contributed by atoms with van der Waals surface area (Å²) >= 11 is 1.79. The average molecular weight is 1420 g/mol. The van der Waals surface area contributed by atoms with E-state index in [4.69, 9.17) is 39.4 Å². The number of aromatic nitrogens is 6. The fraction of sp³-hybridized carbons (Fsp3) is 0.0202. The van der Waals surface area contributed by atoms with Gasteiger partial charge in [0.25, 0.3) is 0 Å². The highest BCUT2D eigenvalue weighted by atomic mass is 32.2. The molecule has 10 nitrogen and oxygen atoms in total. The molecule has 1 unspecified atom stereocenters. The van der Waals surface area contributed by atoms with Gasteiger partial charge in [0.15, 0.2) is 34.9 Å². The third-order valence-electron chi connectivity index (χ3n) is 22.4. The molecule has 3 aliphatic heterocycles. The number of nitriles is 1. The zero-order valence-corrected chi connectivity index (χ0v) is 59.6. The van der Waals surface area contributed by atoms with Crippen molar-refractivity contribution in [2.75, 3.05) is 4.90 Å². The van der Waals surface area contributed by atoms with Crippen LogP contribution in [0.25, 0.3) is 113 Å². The number of hydrogen-bond acceptors (Lipinski definition) is 11. The van der Waals surface area contributed by atoms with Crippen LogP contribution in [0.5, 0.6) is 23.0 Å². The van der Waals surface area contributed by atoms with Crippen LogP contribution in [0.3, 0.4) is 0 Å². The monoisotopic (exact) mass is 1420 g/mol. The normalized spacial score (nSPS) is 14.4. The summed E-state index contributed by atoms with van der Waals surface area (Å²) in [5.41, 5.74) is 24.4. The number of rotatable bonds is 9. The van der Waals surface area contributed by atoms with Gasteiger partial charge in [-0.2, -0.15) is 5.26 Å². The van der Waals surface area contributed by atoms with E-state index in [1.54, 1.807) is 11.8 Å². The molecule has 22 rings (SSSR count). The van der Waals surface area contributed by atoms with E-state index < -0.39 is 10.8 Å². The van der Waals surface area contributed by atoms with Crippen LogP contribution in [0.2, 0.25) is 0 Å². The number of ether oxygens (including phenoxy) is 2. The Bertz CT molecular complexity index is 6650. The Hall–Kier alpha value is -14.4. The quantitative estimate of drug-likeness (QED) is 0.137. The van der Waals surface area contributed by atoms with Gasteiger partial charge in [-0.15, -0.1) is 0 Å². The second kappa shape index (κ2) is 24.8. The van der Waals surface area contributed by atoms with Crippen molar-refractivity contribution in [2.45, 2.75) is 20.6 Å². The molecule has 15 aromatic carbocycles. The highest BCUT2D eigenvalue weighted by Crippen LogP contribution is 2.66. The summed E-state index contributed by atoms with van der Waals surface area (Å²) in [5, 5.41) is 10.0. The van der Waals surface area contributed by atoms with Gasteiger partial charge in [0, 0.05) is 60.0 Å². The summed E-state index contributed by atoms with van der Waals surface area (Å²) in [6.07, 6.45) is 0. The zero-order valence-electron chi connectivity index (χ0n) is 58.8. The van der Waals surface area contributed by atoms with E-state index in [-0.39, 0.29) is 0 Å². The van der Waals surface area contributed by atoms with Gasteiger partial charge in [0.2, 0.25) is 0 Å². The largest absolute Gasteiger partial charge is 0.456 e. The molecule has 512 valence electrons. The Labute approximate surface area is 638 Å². The number of benzene rings is 15. The van der Waals surface area contributed by atoms with Gasteiger partial charge in [0.1, 0.15) is 23.0 Å². The number of para-hydroxylation sites is 6. The highest BCUT2D eigenvalue weighted by molar-refractivity contribution is 7.99. The second-order valence-corrected chi connectivity index (χ2v) is 29.3. The standard InChI is InChI=1S/C99H58N8O2S/c100-59-67-24-4-5-25-69(67)61-46-50-64(51-47-61)94-101-92(62-22-2-1-3-23-62)103-96(105-94)75-30-21-37-82-91(75)109-87-41-17-13-35-80(87)99(82)78-33-11-8-28-72(78)73-57-54-66(58-83(73)99)60-44-48-63(49-45-60)93-102-95(65-52-55-68(56-53-65)107-84-38-14-18-42-88(84)110-89-43-19-15-39-85(89)107)106-97(104-93)74-29-20-36-81-90(74)108-86-40-16-12-34-79(86)98(81)76-31-9-6-26-70(76)71-27-7-10-32-77(71)98/h1-58H. The van der Waals surface area contributed by atoms with E-state index in [1.165, 1.54) is 32.0 Å². The Balaban J connectivity index is 0.679. The molecule has 2 spiro atoms. The first-order valence-corrected chi connectivity index (χ1v) is 37.6. The maximum absolute atomic E-state index is 10.0. The molecule has 11 heteroatoms. The van der Waals surface area contributed by atoms with Crippen LogP contribution in [0.1, 0.15) is 50.1 Å². The maximum atomic E-state index is 10.0. The van der Waals surface area contributed by atoms with Gasteiger partial charge in [-0.3, -0.25) is 0 Å². The van der Waals surface area contributed by atoms with E-state index in [9.17, 15) is 5.26 Å². The molecule has 5 aliphatic rings. The van der Waals surface area contributed by atoms with Crippen molar-refractivity contribution in [3.8, 4) is 142 Å². The average Bonchev–Trinajstić information content (AvgIpc) is 1.51. The van der Waals surface area contributed by atoms with Gasteiger partial charge in [-0.25, -0.2) is 29.9 Å². The molecule has 0 radical (unpaired) electrons. The molecular weight excluding hydrogens is 1370 g/mol. The summed E-state index contributed by atoms with van der Waals surface area (Å²) < 4.78 is 14.6. The van der Waals surface area contributed by atoms with Crippen LogP contribution in [0.4, 0.5) is 17.1 Å². The molecule has 110 heavy (non-hydrogen) atoms. The number of hydrogen-bond donors (Lipinski definition) is 0. The Morgan fingerprint density at radius 3 is 1.13 bits per heavy atom. The lowest BCUT2D eigenvalue weighted by Crippen LogP contribution is -2.32. The molecule has 0 bridgehead atoms. The maximum Gasteiger partial charge on any atom is 0.167 e. The van der Waals surface area contributed by atoms with Crippen LogP contribution in [0, 0.1) is 11.3 Å². The lowest BCUT2D eigenvalue weighted by atomic mass is 9.65. The zero-order chi connectivity index (χ0) is 72.6. The van der Waals surface area contributed by atoms with Crippen molar-refractivity contribution in [1.29, 1.82) is 5.26 Å². The number of anilines is 3. The Morgan fingerprint density at radius 1 is 0.264 bits per heavy atom. The van der Waals surface area contributed by atoms with Crippen LogP contribution >= 0.6 is 11.8 Å². The fourth-order valence-electron chi connectivity index (χ4n) is 17.6. The van der Waals surface area contributed by atoms with Crippen molar-refractivity contribution in [1.82, 2.24) is 29.9 Å². The van der Waals surface area contributed by atoms with E-state index in [0.29, 0.717) is 52.0 Å². The summed E-state index contributed by atoms with van der Waals surface area (Å²) in [6.45, 7) is 0. The molecule has 0 saturated heterocycles.